The van der Waals surface area contributed by atoms with Gasteiger partial charge in [0.1, 0.15) is 6.33 Å². The number of rotatable bonds is 5. The second-order valence-electron chi connectivity index (χ2n) is 5.94. The van der Waals surface area contributed by atoms with Gasteiger partial charge in [0.15, 0.2) is 0 Å². The lowest BCUT2D eigenvalue weighted by molar-refractivity contribution is 0.282. The highest BCUT2D eigenvalue weighted by Gasteiger charge is 2.12. The van der Waals surface area contributed by atoms with Crippen molar-refractivity contribution in [3.05, 3.63) is 47.9 Å². The van der Waals surface area contributed by atoms with E-state index in [9.17, 15) is 0 Å². The molecule has 0 saturated carbocycles. The number of piperidine rings is 1. The summed E-state index contributed by atoms with van der Waals surface area (Å²) in [5, 5.41) is 12.7. The molecule has 4 heteroatoms. The molecule has 1 aromatic carbocycles. The summed E-state index contributed by atoms with van der Waals surface area (Å²) in [6.45, 7) is 1.22. The van der Waals surface area contributed by atoms with Crippen molar-refractivity contribution in [3.8, 4) is 11.3 Å². The van der Waals surface area contributed by atoms with Gasteiger partial charge in [-0.05, 0) is 43.9 Å². The quantitative estimate of drug-likeness (QED) is 0.891. The molecule has 1 aliphatic heterocycles. The maximum Gasteiger partial charge on any atom is 0.116 e. The van der Waals surface area contributed by atoms with Gasteiger partial charge in [0.2, 0.25) is 0 Å². The number of aromatic nitrogens is 2. The predicted molar refractivity (Wildman–Crippen MR) is 87.4 cm³/mol. The van der Waals surface area contributed by atoms with Crippen molar-refractivity contribution in [2.24, 2.45) is 0 Å². The van der Waals surface area contributed by atoms with Crippen LogP contribution in [0, 0.1) is 0 Å². The Kier molecular flexibility index (Phi) is 5.14. The van der Waals surface area contributed by atoms with Crippen molar-refractivity contribution in [1.82, 2.24) is 15.3 Å². The maximum absolute atomic E-state index is 9.11. The minimum atomic E-state index is 0.0731. The zero-order chi connectivity index (χ0) is 15.2. The summed E-state index contributed by atoms with van der Waals surface area (Å²) < 4.78 is 0. The molecule has 1 aliphatic rings. The standard InChI is InChI=1S/C18H23N3O/c22-12-14-4-6-15(7-5-14)18-11-17(20-13-21-18)9-8-16-3-1-2-10-19-16/h4-7,11,13,16,19,22H,1-3,8-10,12H2/t16-/m1/s1. The molecular weight excluding hydrogens is 274 g/mol. The number of aliphatic hydroxyl groups excluding tert-OH is 1. The molecule has 1 atom stereocenters. The van der Waals surface area contributed by atoms with Gasteiger partial charge in [-0.3, -0.25) is 0 Å². The minimum absolute atomic E-state index is 0.0731. The van der Waals surface area contributed by atoms with Gasteiger partial charge in [-0.25, -0.2) is 9.97 Å². The van der Waals surface area contributed by atoms with Crippen LogP contribution in [0.4, 0.5) is 0 Å². The topological polar surface area (TPSA) is 58.0 Å². The van der Waals surface area contributed by atoms with Crippen LogP contribution < -0.4 is 5.32 Å². The van der Waals surface area contributed by atoms with Crippen molar-refractivity contribution in [1.29, 1.82) is 0 Å². The molecule has 2 heterocycles. The average Bonchev–Trinajstić information content (AvgIpc) is 2.61. The van der Waals surface area contributed by atoms with Gasteiger partial charge >= 0.3 is 0 Å². The van der Waals surface area contributed by atoms with E-state index >= 15 is 0 Å². The molecule has 116 valence electrons. The van der Waals surface area contributed by atoms with E-state index in [1.54, 1.807) is 6.33 Å². The Morgan fingerprint density at radius 1 is 1.14 bits per heavy atom. The maximum atomic E-state index is 9.11. The fourth-order valence-electron chi connectivity index (χ4n) is 2.97. The zero-order valence-corrected chi connectivity index (χ0v) is 12.8. The first-order chi connectivity index (χ1) is 10.8. The van der Waals surface area contributed by atoms with Crippen LogP contribution in [0.25, 0.3) is 11.3 Å². The number of nitrogens with one attached hydrogen (secondary N) is 1. The lowest BCUT2D eigenvalue weighted by atomic mass is 9.99. The summed E-state index contributed by atoms with van der Waals surface area (Å²) in [5.41, 5.74) is 4.03. The fourth-order valence-corrected chi connectivity index (χ4v) is 2.97. The Labute approximate surface area is 131 Å². The lowest BCUT2D eigenvalue weighted by Gasteiger charge is -2.23. The Balaban J connectivity index is 1.66. The SMILES string of the molecule is OCc1ccc(-c2cc(CC[C@H]3CCCCN3)ncn2)cc1. The predicted octanol–water partition coefficient (Wildman–Crippen LogP) is 2.71. The molecule has 1 fully saturated rings. The Morgan fingerprint density at radius 3 is 2.73 bits per heavy atom. The average molecular weight is 297 g/mol. The highest BCUT2D eigenvalue weighted by Crippen LogP contribution is 2.19. The number of hydrogen-bond acceptors (Lipinski definition) is 4. The largest absolute Gasteiger partial charge is 0.392 e. The molecule has 4 nitrogen and oxygen atoms in total. The summed E-state index contributed by atoms with van der Waals surface area (Å²) in [7, 11) is 0. The van der Waals surface area contributed by atoms with Crippen molar-refractivity contribution in [2.75, 3.05) is 6.54 Å². The third kappa shape index (κ3) is 3.90. The number of aryl methyl sites for hydroxylation is 1. The van der Waals surface area contributed by atoms with E-state index in [0.29, 0.717) is 6.04 Å². The van der Waals surface area contributed by atoms with Crippen LogP contribution in [0.15, 0.2) is 36.7 Å². The van der Waals surface area contributed by atoms with Gasteiger partial charge in [-0.15, -0.1) is 0 Å². The van der Waals surface area contributed by atoms with Gasteiger partial charge < -0.3 is 10.4 Å². The molecule has 0 unspecified atom stereocenters. The zero-order valence-electron chi connectivity index (χ0n) is 12.8. The van der Waals surface area contributed by atoms with Gasteiger partial charge in [0.25, 0.3) is 0 Å². The molecule has 0 bridgehead atoms. The molecule has 0 amide bonds. The first kappa shape index (κ1) is 15.1. The van der Waals surface area contributed by atoms with E-state index in [1.165, 1.54) is 19.3 Å². The van der Waals surface area contributed by atoms with Crippen molar-refractivity contribution < 1.29 is 5.11 Å². The van der Waals surface area contributed by atoms with E-state index in [-0.39, 0.29) is 6.61 Å². The van der Waals surface area contributed by atoms with Gasteiger partial charge in [0.05, 0.1) is 12.3 Å². The summed E-state index contributed by atoms with van der Waals surface area (Å²) in [6, 6.07) is 10.6. The summed E-state index contributed by atoms with van der Waals surface area (Å²) >= 11 is 0. The highest BCUT2D eigenvalue weighted by atomic mass is 16.3. The molecule has 2 aromatic rings. The first-order valence-electron chi connectivity index (χ1n) is 8.09. The molecule has 3 rings (SSSR count). The van der Waals surface area contributed by atoms with E-state index < -0.39 is 0 Å². The van der Waals surface area contributed by atoms with E-state index in [0.717, 1.165) is 41.9 Å². The molecule has 0 spiro atoms. The second-order valence-corrected chi connectivity index (χ2v) is 5.94. The molecule has 1 saturated heterocycles. The number of hydrogen-bond donors (Lipinski definition) is 2. The normalized spacial score (nSPS) is 18.3. The molecule has 1 aromatic heterocycles. The number of nitrogens with zero attached hydrogens (tertiary/aromatic N) is 2. The number of benzene rings is 1. The summed E-state index contributed by atoms with van der Waals surface area (Å²) in [5.74, 6) is 0. The third-order valence-corrected chi connectivity index (χ3v) is 4.32. The molecule has 0 aliphatic carbocycles. The van der Waals surface area contributed by atoms with Crippen LogP contribution in [0.3, 0.4) is 0 Å². The number of aliphatic hydroxyl groups is 1. The fraction of sp³-hybridized carbons (Fsp3) is 0.444. The molecule has 22 heavy (non-hydrogen) atoms. The monoisotopic (exact) mass is 297 g/mol. The van der Waals surface area contributed by atoms with Crippen LogP contribution in [0.5, 0.6) is 0 Å². The van der Waals surface area contributed by atoms with E-state index in [2.05, 4.69) is 21.4 Å². The van der Waals surface area contributed by atoms with Gasteiger partial charge in [-0.1, -0.05) is 30.7 Å². The highest BCUT2D eigenvalue weighted by molar-refractivity contribution is 5.59. The smallest absolute Gasteiger partial charge is 0.116 e. The van der Waals surface area contributed by atoms with Crippen LogP contribution in [-0.2, 0) is 13.0 Å². The van der Waals surface area contributed by atoms with E-state index in [4.69, 9.17) is 5.11 Å². The van der Waals surface area contributed by atoms with Crippen molar-refractivity contribution in [2.45, 2.75) is 44.8 Å². The Bertz CT molecular complexity index is 592. The second kappa shape index (κ2) is 7.47. The van der Waals surface area contributed by atoms with Crippen LogP contribution in [-0.4, -0.2) is 27.7 Å². The van der Waals surface area contributed by atoms with Crippen LogP contribution in [0.1, 0.15) is 36.9 Å². The minimum Gasteiger partial charge on any atom is -0.392 e. The molecule has 2 N–H and O–H groups in total. The van der Waals surface area contributed by atoms with Gasteiger partial charge in [-0.2, -0.15) is 0 Å². The van der Waals surface area contributed by atoms with Crippen LogP contribution in [0.2, 0.25) is 0 Å². The van der Waals surface area contributed by atoms with Crippen LogP contribution >= 0.6 is 0 Å². The third-order valence-electron chi connectivity index (χ3n) is 4.32. The van der Waals surface area contributed by atoms with Gasteiger partial charge in [0, 0.05) is 17.3 Å². The van der Waals surface area contributed by atoms with Crippen molar-refractivity contribution >= 4 is 0 Å². The molecule has 0 radical (unpaired) electrons. The Hall–Kier alpha value is -1.78. The molecular formula is C18H23N3O. The Morgan fingerprint density at radius 2 is 2.00 bits per heavy atom. The first-order valence-corrected chi connectivity index (χ1v) is 8.09. The van der Waals surface area contributed by atoms with E-state index in [1.807, 2.05) is 24.3 Å². The summed E-state index contributed by atoms with van der Waals surface area (Å²) in [6.07, 6.45) is 7.70. The van der Waals surface area contributed by atoms with Crippen molar-refractivity contribution in [3.63, 3.8) is 0 Å². The lowest BCUT2D eigenvalue weighted by Crippen LogP contribution is -2.34. The summed E-state index contributed by atoms with van der Waals surface area (Å²) in [4.78, 5) is 8.77.